The molecule has 0 saturated carbocycles. The molecule has 2 aromatic carbocycles. The van der Waals surface area contributed by atoms with Crippen LogP contribution >= 0.6 is 11.6 Å². The van der Waals surface area contributed by atoms with Gasteiger partial charge in [0.25, 0.3) is 5.91 Å². The van der Waals surface area contributed by atoms with Crippen LogP contribution in [0.5, 0.6) is 5.75 Å². The Kier molecular flexibility index (Phi) is 6.34. The molecule has 0 aliphatic heterocycles. The van der Waals surface area contributed by atoms with Crippen LogP contribution in [0.3, 0.4) is 0 Å². The summed E-state index contributed by atoms with van der Waals surface area (Å²) < 4.78 is 6.86. The van der Waals surface area contributed by atoms with Crippen LogP contribution in [0.25, 0.3) is 5.69 Å². The third-order valence-corrected chi connectivity index (χ3v) is 4.83. The maximum Gasteiger partial charge on any atom is 0.279 e. The summed E-state index contributed by atoms with van der Waals surface area (Å²) in [6.45, 7) is 2.86. The molecule has 6 nitrogen and oxygen atoms in total. The number of aryl methyl sites for hydroxylation is 1. The summed E-state index contributed by atoms with van der Waals surface area (Å²) in [7, 11) is 3.57. The standard InChI is InChI=1S/C21H23ClN4O2/c1-15-19(21(22)26(24-15)17-7-5-4-6-8-17)13-25(2)14-20(27)23-16-9-11-18(28-3)12-10-16/h4-12H,13-14H2,1-3H3,(H,23,27)/p+1. The van der Waals surface area contributed by atoms with Gasteiger partial charge in [-0.15, -0.1) is 0 Å². The number of hydrogen-bond donors (Lipinski definition) is 2. The minimum Gasteiger partial charge on any atom is -0.497 e. The lowest BCUT2D eigenvalue weighted by molar-refractivity contribution is -0.885. The molecule has 1 heterocycles. The minimum atomic E-state index is -0.0631. The lowest BCUT2D eigenvalue weighted by Crippen LogP contribution is -3.08. The highest BCUT2D eigenvalue weighted by Gasteiger charge is 2.19. The zero-order valence-corrected chi connectivity index (χ0v) is 17.0. The molecule has 1 atom stereocenters. The number of ether oxygens (including phenoxy) is 1. The van der Waals surface area contributed by atoms with Gasteiger partial charge in [-0.1, -0.05) is 29.8 Å². The molecule has 0 radical (unpaired) electrons. The van der Waals surface area contributed by atoms with Gasteiger partial charge in [0, 0.05) is 5.69 Å². The summed E-state index contributed by atoms with van der Waals surface area (Å²) in [5.41, 5.74) is 3.46. The predicted octanol–water partition coefficient (Wildman–Crippen LogP) is 2.50. The van der Waals surface area contributed by atoms with Gasteiger partial charge >= 0.3 is 0 Å². The molecule has 0 spiro atoms. The number of methoxy groups -OCH3 is 1. The van der Waals surface area contributed by atoms with Crippen LogP contribution in [0.15, 0.2) is 54.6 Å². The number of nitrogens with zero attached hydrogens (tertiary/aromatic N) is 2. The smallest absolute Gasteiger partial charge is 0.279 e. The average Bonchev–Trinajstić information content (AvgIpc) is 2.97. The fraction of sp³-hybridized carbons (Fsp3) is 0.238. The van der Waals surface area contributed by atoms with E-state index in [1.54, 1.807) is 11.8 Å². The lowest BCUT2D eigenvalue weighted by atomic mass is 10.2. The van der Waals surface area contributed by atoms with Crippen LogP contribution in [0.4, 0.5) is 5.69 Å². The monoisotopic (exact) mass is 399 g/mol. The van der Waals surface area contributed by atoms with Gasteiger partial charge in [-0.05, 0) is 43.3 Å². The highest BCUT2D eigenvalue weighted by atomic mass is 35.5. The molecule has 1 unspecified atom stereocenters. The van der Waals surface area contributed by atoms with Crippen LogP contribution in [-0.2, 0) is 11.3 Å². The molecule has 2 N–H and O–H groups in total. The Balaban J connectivity index is 1.63. The Morgan fingerprint density at radius 1 is 1.18 bits per heavy atom. The van der Waals surface area contributed by atoms with Crippen LogP contribution in [0.1, 0.15) is 11.3 Å². The molecule has 0 bridgehead atoms. The maximum absolute atomic E-state index is 12.3. The molecule has 0 fully saturated rings. The Hall–Kier alpha value is -2.83. The summed E-state index contributed by atoms with van der Waals surface area (Å²) in [6.07, 6.45) is 0. The summed E-state index contributed by atoms with van der Waals surface area (Å²) >= 11 is 6.58. The summed E-state index contributed by atoms with van der Waals surface area (Å²) in [6, 6.07) is 17.0. The number of rotatable bonds is 7. The number of likely N-dealkylation sites (N-methyl/N-ethyl adjacent to an activating group) is 1. The van der Waals surface area contributed by atoms with Crippen LogP contribution in [0.2, 0.25) is 5.15 Å². The highest BCUT2D eigenvalue weighted by Crippen LogP contribution is 2.22. The topological polar surface area (TPSA) is 60.6 Å². The van der Waals surface area contributed by atoms with Crippen molar-refractivity contribution in [3.8, 4) is 11.4 Å². The van der Waals surface area contributed by atoms with Crippen molar-refractivity contribution < 1.29 is 14.4 Å². The Morgan fingerprint density at radius 3 is 2.50 bits per heavy atom. The van der Waals surface area contributed by atoms with Crippen molar-refractivity contribution in [1.29, 1.82) is 0 Å². The van der Waals surface area contributed by atoms with Crippen molar-refractivity contribution in [3.63, 3.8) is 0 Å². The van der Waals surface area contributed by atoms with E-state index < -0.39 is 0 Å². The second-order valence-corrected chi connectivity index (χ2v) is 7.05. The quantitative estimate of drug-likeness (QED) is 0.641. The number of anilines is 1. The fourth-order valence-corrected chi connectivity index (χ4v) is 3.33. The van der Waals surface area contributed by atoms with Crippen molar-refractivity contribution >= 4 is 23.2 Å². The Morgan fingerprint density at radius 2 is 1.86 bits per heavy atom. The number of para-hydroxylation sites is 1. The second kappa shape index (κ2) is 8.91. The molecule has 0 aliphatic rings. The lowest BCUT2D eigenvalue weighted by Gasteiger charge is -2.14. The normalized spacial score (nSPS) is 11.9. The van der Waals surface area contributed by atoms with E-state index in [1.165, 1.54) is 0 Å². The summed E-state index contributed by atoms with van der Waals surface area (Å²) in [5, 5.41) is 8.04. The summed E-state index contributed by atoms with van der Waals surface area (Å²) in [4.78, 5) is 13.4. The van der Waals surface area contributed by atoms with Crippen molar-refractivity contribution in [2.45, 2.75) is 13.5 Å². The van der Waals surface area contributed by atoms with Crippen molar-refractivity contribution in [3.05, 3.63) is 71.0 Å². The van der Waals surface area contributed by atoms with E-state index in [4.69, 9.17) is 16.3 Å². The Labute approximate surface area is 169 Å². The van der Waals surface area contributed by atoms with E-state index in [2.05, 4.69) is 10.4 Å². The number of benzene rings is 2. The van der Waals surface area contributed by atoms with Gasteiger partial charge in [0.1, 0.15) is 17.4 Å². The average molecular weight is 400 g/mol. The number of aromatic nitrogens is 2. The molecular formula is C21H24ClN4O2+. The maximum atomic E-state index is 12.3. The van der Waals surface area contributed by atoms with E-state index in [1.807, 2.05) is 68.6 Å². The molecule has 3 aromatic rings. The van der Waals surface area contributed by atoms with E-state index in [9.17, 15) is 4.79 Å². The van der Waals surface area contributed by atoms with Gasteiger partial charge in [-0.3, -0.25) is 4.79 Å². The molecule has 146 valence electrons. The first-order chi connectivity index (χ1) is 13.5. The third-order valence-electron chi connectivity index (χ3n) is 4.44. The molecule has 28 heavy (non-hydrogen) atoms. The van der Waals surface area contributed by atoms with Crippen molar-refractivity contribution in [2.24, 2.45) is 0 Å². The van der Waals surface area contributed by atoms with Gasteiger partial charge in [-0.2, -0.15) is 5.10 Å². The number of hydrogen-bond acceptors (Lipinski definition) is 3. The highest BCUT2D eigenvalue weighted by molar-refractivity contribution is 6.30. The second-order valence-electron chi connectivity index (χ2n) is 6.69. The van der Waals surface area contributed by atoms with Gasteiger partial charge in [0.05, 0.1) is 31.1 Å². The van der Waals surface area contributed by atoms with E-state index in [0.717, 1.165) is 33.3 Å². The number of amides is 1. The number of halogens is 1. The van der Waals surface area contributed by atoms with Crippen LogP contribution in [-0.4, -0.2) is 36.4 Å². The molecular weight excluding hydrogens is 376 g/mol. The van der Waals surface area contributed by atoms with Crippen molar-refractivity contribution in [2.75, 3.05) is 26.0 Å². The van der Waals surface area contributed by atoms with Gasteiger partial charge in [0.15, 0.2) is 6.54 Å². The molecule has 1 amide bonds. The molecule has 0 saturated heterocycles. The summed E-state index contributed by atoms with van der Waals surface area (Å²) in [5.74, 6) is 0.688. The SMILES string of the molecule is COc1ccc(NC(=O)C[NH+](C)Cc2c(C)nn(-c3ccccc3)c2Cl)cc1. The van der Waals surface area contributed by atoms with Gasteiger partial charge < -0.3 is 15.0 Å². The Bertz CT molecular complexity index is 939. The molecule has 0 aliphatic carbocycles. The van der Waals surface area contributed by atoms with Crippen LogP contribution in [0, 0.1) is 6.92 Å². The number of carbonyl (C=O) groups is 1. The number of quaternary nitrogens is 1. The first kappa shape index (κ1) is 19.9. The predicted molar refractivity (Wildman–Crippen MR) is 110 cm³/mol. The third kappa shape index (κ3) is 4.71. The van der Waals surface area contributed by atoms with E-state index in [0.29, 0.717) is 18.2 Å². The molecule has 7 heteroatoms. The number of carbonyl (C=O) groups excluding carboxylic acids is 1. The molecule has 1 aromatic heterocycles. The van der Waals surface area contributed by atoms with Gasteiger partial charge in [0.2, 0.25) is 0 Å². The van der Waals surface area contributed by atoms with E-state index >= 15 is 0 Å². The first-order valence-electron chi connectivity index (χ1n) is 9.02. The van der Waals surface area contributed by atoms with E-state index in [-0.39, 0.29) is 5.91 Å². The van der Waals surface area contributed by atoms with Crippen LogP contribution < -0.4 is 15.0 Å². The zero-order chi connectivity index (χ0) is 20.1. The van der Waals surface area contributed by atoms with Crippen molar-refractivity contribution in [1.82, 2.24) is 9.78 Å². The number of nitrogens with one attached hydrogen (secondary N) is 2. The largest absolute Gasteiger partial charge is 0.497 e. The molecule has 3 rings (SSSR count). The van der Waals surface area contributed by atoms with Gasteiger partial charge in [-0.25, -0.2) is 4.68 Å². The fourth-order valence-electron chi connectivity index (χ4n) is 2.99. The zero-order valence-electron chi connectivity index (χ0n) is 16.2. The first-order valence-corrected chi connectivity index (χ1v) is 9.40. The minimum absolute atomic E-state index is 0.0631.